The monoisotopic (exact) mass is 334 g/mol. The van der Waals surface area contributed by atoms with E-state index in [1.54, 1.807) is 18.7 Å². The molecule has 2 rings (SSSR count). The van der Waals surface area contributed by atoms with Crippen LogP contribution in [0.15, 0.2) is 18.2 Å². The molecular formula is C15H21ClF2N2O2. The Bertz CT molecular complexity index is 528. The van der Waals surface area contributed by atoms with Crippen LogP contribution in [0.25, 0.3) is 0 Å². The normalized spacial score (nSPS) is 21.0. The molecule has 124 valence electrons. The molecule has 0 aliphatic carbocycles. The molecule has 4 nitrogen and oxygen atoms in total. The smallest absolute Gasteiger partial charge is 0.227 e. The molecule has 2 N–H and O–H groups in total. The van der Waals surface area contributed by atoms with E-state index in [-0.39, 0.29) is 30.3 Å². The molecule has 0 radical (unpaired) electrons. The van der Waals surface area contributed by atoms with Gasteiger partial charge in [0.2, 0.25) is 5.91 Å². The number of carbonyl (C=O) groups is 1. The van der Waals surface area contributed by atoms with Gasteiger partial charge < -0.3 is 15.4 Å². The highest BCUT2D eigenvalue weighted by Crippen LogP contribution is 2.24. The summed E-state index contributed by atoms with van der Waals surface area (Å²) in [5.41, 5.74) is 6.28. The van der Waals surface area contributed by atoms with E-state index >= 15 is 0 Å². The van der Waals surface area contributed by atoms with E-state index in [0.29, 0.717) is 25.3 Å². The Morgan fingerprint density at radius 1 is 1.36 bits per heavy atom. The number of hydrogen-bond donors (Lipinski definition) is 1. The summed E-state index contributed by atoms with van der Waals surface area (Å²) >= 11 is 0. The van der Waals surface area contributed by atoms with Crippen LogP contribution in [0.5, 0.6) is 0 Å². The van der Waals surface area contributed by atoms with Crippen LogP contribution in [0.4, 0.5) is 8.78 Å². The molecule has 1 aliphatic rings. The fourth-order valence-electron chi connectivity index (χ4n) is 2.28. The molecule has 1 saturated heterocycles. The van der Waals surface area contributed by atoms with Gasteiger partial charge in [0, 0.05) is 12.6 Å². The number of hydrogen-bond acceptors (Lipinski definition) is 3. The second kappa shape index (κ2) is 7.85. The molecule has 0 bridgehead atoms. The quantitative estimate of drug-likeness (QED) is 0.922. The highest BCUT2D eigenvalue weighted by atomic mass is 35.5. The van der Waals surface area contributed by atoms with Crippen molar-refractivity contribution in [1.29, 1.82) is 0 Å². The summed E-state index contributed by atoms with van der Waals surface area (Å²) in [5, 5.41) is 0. The van der Waals surface area contributed by atoms with Crippen molar-refractivity contribution in [3.63, 3.8) is 0 Å². The van der Waals surface area contributed by atoms with Gasteiger partial charge in [-0.2, -0.15) is 0 Å². The number of nitrogens with zero attached hydrogens (tertiary/aromatic N) is 1. The number of halogens is 3. The Hall–Kier alpha value is -1.24. The van der Waals surface area contributed by atoms with Crippen molar-refractivity contribution in [3.05, 3.63) is 35.4 Å². The van der Waals surface area contributed by atoms with Gasteiger partial charge in [-0.25, -0.2) is 8.78 Å². The highest BCUT2D eigenvalue weighted by molar-refractivity contribution is 5.85. The molecule has 0 spiro atoms. The summed E-state index contributed by atoms with van der Waals surface area (Å²) in [6, 6.07) is 3.43. The minimum atomic E-state index is -0.913. The van der Waals surface area contributed by atoms with Crippen molar-refractivity contribution in [3.8, 4) is 0 Å². The van der Waals surface area contributed by atoms with E-state index in [9.17, 15) is 13.6 Å². The van der Waals surface area contributed by atoms with Crippen molar-refractivity contribution < 1.29 is 18.3 Å². The molecule has 0 saturated carbocycles. The third-order valence-corrected chi connectivity index (χ3v) is 3.87. The standard InChI is InChI=1S/C15H20F2N2O2.ClH/c1-9(10(2)18)15(20)19-5-6-21-14(8-19)11-3-4-12(16)13(17)7-11;/h3-4,7,9-10,14H,5-6,8,18H2,1-2H3;1H. The number of amides is 1. The van der Waals surface area contributed by atoms with Crippen LogP contribution >= 0.6 is 12.4 Å². The predicted octanol–water partition coefficient (Wildman–Crippen LogP) is 2.27. The maximum atomic E-state index is 13.3. The average molecular weight is 335 g/mol. The second-order valence-electron chi connectivity index (χ2n) is 5.47. The van der Waals surface area contributed by atoms with E-state index in [1.807, 2.05) is 0 Å². The lowest BCUT2D eigenvalue weighted by Gasteiger charge is -2.35. The highest BCUT2D eigenvalue weighted by Gasteiger charge is 2.29. The maximum Gasteiger partial charge on any atom is 0.227 e. The van der Waals surface area contributed by atoms with Crippen LogP contribution in [-0.2, 0) is 9.53 Å². The van der Waals surface area contributed by atoms with Crippen molar-refractivity contribution in [2.75, 3.05) is 19.7 Å². The Balaban J connectivity index is 0.00000242. The van der Waals surface area contributed by atoms with Gasteiger partial charge >= 0.3 is 0 Å². The Morgan fingerprint density at radius 2 is 2.05 bits per heavy atom. The predicted molar refractivity (Wildman–Crippen MR) is 81.7 cm³/mol. The van der Waals surface area contributed by atoms with Gasteiger partial charge in [-0.3, -0.25) is 4.79 Å². The first-order valence-electron chi connectivity index (χ1n) is 7.01. The molecule has 1 amide bonds. The average Bonchev–Trinajstić information content (AvgIpc) is 2.48. The summed E-state index contributed by atoms with van der Waals surface area (Å²) in [6.07, 6.45) is -0.446. The Kier molecular flexibility index (Phi) is 6.71. The van der Waals surface area contributed by atoms with Crippen molar-refractivity contribution in [2.45, 2.75) is 26.0 Å². The first kappa shape index (κ1) is 18.8. The summed E-state index contributed by atoms with van der Waals surface area (Å²) in [5.74, 6) is -2.13. The van der Waals surface area contributed by atoms with Gasteiger partial charge in [0.1, 0.15) is 6.10 Å². The lowest BCUT2D eigenvalue weighted by atomic mass is 10.0. The van der Waals surface area contributed by atoms with Crippen LogP contribution in [0.1, 0.15) is 25.5 Å². The maximum absolute atomic E-state index is 13.3. The van der Waals surface area contributed by atoms with E-state index in [1.165, 1.54) is 6.07 Å². The van der Waals surface area contributed by atoms with Gasteiger partial charge in [-0.05, 0) is 24.6 Å². The Labute approximate surface area is 135 Å². The molecule has 22 heavy (non-hydrogen) atoms. The zero-order valence-electron chi connectivity index (χ0n) is 12.6. The first-order valence-corrected chi connectivity index (χ1v) is 7.01. The third kappa shape index (κ3) is 4.15. The number of nitrogens with two attached hydrogens (primary N) is 1. The number of rotatable bonds is 3. The third-order valence-electron chi connectivity index (χ3n) is 3.87. The zero-order chi connectivity index (χ0) is 15.6. The summed E-state index contributed by atoms with van der Waals surface area (Å²) < 4.78 is 31.8. The summed E-state index contributed by atoms with van der Waals surface area (Å²) in [7, 11) is 0. The Morgan fingerprint density at radius 3 is 2.64 bits per heavy atom. The lowest BCUT2D eigenvalue weighted by Crippen LogP contribution is -2.47. The van der Waals surface area contributed by atoms with Gasteiger partial charge in [0.15, 0.2) is 11.6 Å². The molecule has 1 aliphatic heterocycles. The van der Waals surface area contributed by atoms with Crippen LogP contribution < -0.4 is 5.73 Å². The minimum absolute atomic E-state index is 0. The van der Waals surface area contributed by atoms with Crippen LogP contribution in [0.3, 0.4) is 0 Å². The molecule has 1 fully saturated rings. The van der Waals surface area contributed by atoms with E-state index in [0.717, 1.165) is 12.1 Å². The molecule has 1 aromatic rings. The molecule has 1 heterocycles. The van der Waals surface area contributed by atoms with Crippen LogP contribution in [-0.4, -0.2) is 36.5 Å². The largest absolute Gasteiger partial charge is 0.370 e. The van der Waals surface area contributed by atoms with Gasteiger partial charge in [0.25, 0.3) is 0 Å². The summed E-state index contributed by atoms with van der Waals surface area (Å²) in [4.78, 5) is 14.0. The van der Waals surface area contributed by atoms with Gasteiger partial charge in [0.05, 0.1) is 19.1 Å². The van der Waals surface area contributed by atoms with E-state index < -0.39 is 17.7 Å². The van der Waals surface area contributed by atoms with Gasteiger partial charge in [-0.1, -0.05) is 13.0 Å². The number of ether oxygens (including phenoxy) is 1. The first-order chi connectivity index (χ1) is 9.90. The molecule has 1 aromatic carbocycles. The molecule has 3 unspecified atom stereocenters. The second-order valence-corrected chi connectivity index (χ2v) is 5.47. The van der Waals surface area contributed by atoms with Gasteiger partial charge in [-0.15, -0.1) is 12.4 Å². The fraction of sp³-hybridized carbons (Fsp3) is 0.533. The van der Waals surface area contributed by atoms with Crippen LogP contribution in [0.2, 0.25) is 0 Å². The number of carbonyl (C=O) groups excluding carboxylic acids is 1. The lowest BCUT2D eigenvalue weighted by molar-refractivity contribution is -0.143. The molecular weight excluding hydrogens is 314 g/mol. The van der Waals surface area contributed by atoms with Crippen molar-refractivity contribution in [1.82, 2.24) is 4.90 Å². The number of morpholine rings is 1. The van der Waals surface area contributed by atoms with Crippen molar-refractivity contribution >= 4 is 18.3 Å². The summed E-state index contributed by atoms with van der Waals surface area (Å²) in [6.45, 7) is 4.74. The molecule has 7 heteroatoms. The van der Waals surface area contributed by atoms with Crippen molar-refractivity contribution in [2.24, 2.45) is 11.7 Å². The fourth-order valence-corrected chi connectivity index (χ4v) is 2.28. The minimum Gasteiger partial charge on any atom is -0.370 e. The SMILES string of the molecule is CC(N)C(C)C(=O)N1CCOC(c2ccc(F)c(F)c2)C1.Cl. The topological polar surface area (TPSA) is 55.6 Å². The van der Waals surface area contributed by atoms with E-state index in [2.05, 4.69) is 0 Å². The molecule has 0 aromatic heterocycles. The zero-order valence-corrected chi connectivity index (χ0v) is 13.4. The number of benzene rings is 1. The molecule has 3 atom stereocenters. The van der Waals surface area contributed by atoms with Crippen LogP contribution in [0, 0.1) is 17.6 Å². The van der Waals surface area contributed by atoms with E-state index in [4.69, 9.17) is 10.5 Å².